The highest BCUT2D eigenvalue weighted by atomic mass is 35.5. The van der Waals surface area contributed by atoms with Crippen molar-refractivity contribution in [2.45, 2.75) is 63.3 Å². The van der Waals surface area contributed by atoms with E-state index in [4.69, 9.17) is 40.9 Å². The van der Waals surface area contributed by atoms with Crippen LogP contribution in [0.1, 0.15) is 42.5 Å². The second kappa shape index (κ2) is 13.3. The zero-order valence-corrected chi connectivity index (χ0v) is 24.9. The number of piperidine rings is 1. The number of benzene rings is 1. The molecule has 1 spiro atoms. The number of β-amino-alcohol motifs (C(OH)–C–C–N with tert-alkyl or cyclic N) is 1. The SMILES string of the molecule is Cc1nc(-c2ccncc2)nc(OC[C@@H](O)CN2CCC3(CC2)Cc2cc(Cl)ccc2O3)c1CC1CC1.O=C(O)C(F)(F)F. The lowest BCUT2D eigenvalue weighted by atomic mass is 9.87. The van der Waals surface area contributed by atoms with E-state index in [-0.39, 0.29) is 12.2 Å². The van der Waals surface area contributed by atoms with E-state index >= 15 is 0 Å². The molecule has 0 amide bonds. The van der Waals surface area contributed by atoms with Gasteiger partial charge in [-0.1, -0.05) is 11.6 Å². The molecule has 0 radical (unpaired) electrons. The Kier molecular flexibility index (Phi) is 9.62. The van der Waals surface area contributed by atoms with Gasteiger partial charge >= 0.3 is 12.1 Å². The van der Waals surface area contributed by atoms with Crippen molar-refractivity contribution in [3.05, 3.63) is 64.6 Å². The van der Waals surface area contributed by atoms with E-state index in [0.29, 0.717) is 24.2 Å². The molecule has 236 valence electrons. The molecule has 9 nitrogen and oxygen atoms in total. The molecule has 0 unspecified atom stereocenters. The second-order valence-electron chi connectivity index (χ2n) is 11.6. The number of fused-ring (bicyclic) bond motifs is 1. The normalized spacial score (nSPS) is 18.1. The molecule has 2 aromatic heterocycles. The van der Waals surface area contributed by atoms with Crippen molar-refractivity contribution in [1.29, 1.82) is 0 Å². The van der Waals surface area contributed by atoms with Gasteiger partial charge in [-0.25, -0.2) is 9.78 Å². The first kappa shape index (κ1) is 31.9. The largest absolute Gasteiger partial charge is 0.490 e. The van der Waals surface area contributed by atoms with Crippen LogP contribution in [0, 0.1) is 12.8 Å². The van der Waals surface area contributed by atoms with Gasteiger partial charge in [0.2, 0.25) is 5.88 Å². The monoisotopic (exact) mass is 634 g/mol. The Hall–Kier alpha value is -3.48. The number of likely N-dealkylation sites (tertiary alicyclic amines) is 1. The zero-order valence-electron chi connectivity index (χ0n) is 24.2. The number of aromatic nitrogens is 3. The summed E-state index contributed by atoms with van der Waals surface area (Å²) in [6.07, 6.45) is 3.96. The number of aliphatic carboxylic acids is 1. The van der Waals surface area contributed by atoms with Crippen molar-refractivity contribution < 1.29 is 37.7 Å². The molecule has 44 heavy (non-hydrogen) atoms. The number of alkyl halides is 3. The van der Waals surface area contributed by atoms with Crippen molar-refractivity contribution in [3.63, 3.8) is 0 Å². The van der Waals surface area contributed by atoms with E-state index in [9.17, 15) is 18.3 Å². The van der Waals surface area contributed by atoms with Crippen LogP contribution in [0.2, 0.25) is 5.02 Å². The summed E-state index contributed by atoms with van der Waals surface area (Å²) in [5.41, 5.74) is 3.96. The Morgan fingerprint density at radius 2 is 1.86 bits per heavy atom. The third kappa shape index (κ3) is 8.16. The van der Waals surface area contributed by atoms with Crippen molar-refractivity contribution in [2.75, 3.05) is 26.2 Å². The molecule has 4 heterocycles. The highest BCUT2D eigenvalue weighted by molar-refractivity contribution is 6.30. The van der Waals surface area contributed by atoms with Gasteiger partial charge in [0.25, 0.3) is 0 Å². The number of carboxylic acid groups (broad SMARTS) is 1. The summed E-state index contributed by atoms with van der Waals surface area (Å²) >= 11 is 6.18. The summed E-state index contributed by atoms with van der Waals surface area (Å²) in [4.78, 5) is 24.8. The highest BCUT2D eigenvalue weighted by Crippen LogP contribution is 2.42. The Bertz CT molecular complexity index is 1460. The fraction of sp³-hybridized carbons (Fsp3) is 0.484. The fourth-order valence-electron chi connectivity index (χ4n) is 5.51. The summed E-state index contributed by atoms with van der Waals surface area (Å²) in [5.74, 6) is 0.108. The van der Waals surface area contributed by atoms with Crippen LogP contribution in [0.15, 0.2) is 42.7 Å². The van der Waals surface area contributed by atoms with Gasteiger partial charge in [0.15, 0.2) is 5.82 Å². The van der Waals surface area contributed by atoms with Crippen molar-refractivity contribution in [2.24, 2.45) is 5.92 Å². The number of pyridine rings is 1. The van der Waals surface area contributed by atoms with Gasteiger partial charge in [-0.05, 0) is 68.0 Å². The number of rotatable bonds is 8. The van der Waals surface area contributed by atoms with Crippen molar-refractivity contribution in [3.8, 4) is 23.0 Å². The second-order valence-corrected chi connectivity index (χ2v) is 12.0. The van der Waals surface area contributed by atoms with Crippen LogP contribution in [-0.2, 0) is 17.6 Å². The van der Waals surface area contributed by atoms with Gasteiger partial charge in [0.1, 0.15) is 24.1 Å². The highest BCUT2D eigenvalue weighted by Gasteiger charge is 2.42. The van der Waals surface area contributed by atoms with Gasteiger partial charge in [-0.3, -0.25) is 4.98 Å². The summed E-state index contributed by atoms with van der Waals surface area (Å²) in [6.45, 7) is 4.55. The molecule has 3 aliphatic rings. The molecule has 1 saturated heterocycles. The van der Waals surface area contributed by atoms with Gasteiger partial charge in [-0.15, -0.1) is 0 Å². The van der Waals surface area contributed by atoms with Crippen LogP contribution >= 0.6 is 11.6 Å². The number of nitrogens with zero attached hydrogens (tertiary/aromatic N) is 4. The third-order valence-corrected chi connectivity index (χ3v) is 8.29. The Morgan fingerprint density at radius 1 is 1.18 bits per heavy atom. The molecule has 3 aromatic rings. The molecule has 2 aliphatic heterocycles. The number of ether oxygens (including phenoxy) is 2. The van der Waals surface area contributed by atoms with E-state index < -0.39 is 18.2 Å². The minimum absolute atomic E-state index is 0.148. The van der Waals surface area contributed by atoms with Crippen molar-refractivity contribution in [1.82, 2.24) is 19.9 Å². The number of carbonyl (C=O) groups is 1. The Balaban J connectivity index is 0.000000493. The van der Waals surface area contributed by atoms with Crippen LogP contribution in [0.3, 0.4) is 0 Å². The van der Waals surface area contributed by atoms with E-state index in [1.165, 1.54) is 18.4 Å². The number of hydrogen-bond donors (Lipinski definition) is 2. The molecule has 2 fully saturated rings. The Labute approximate surface area is 258 Å². The van der Waals surface area contributed by atoms with Crippen molar-refractivity contribution >= 4 is 17.6 Å². The topological polar surface area (TPSA) is 118 Å². The minimum Gasteiger partial charge on any atom is -0.487 e. The van der Waals surface area contributed by atoms with Crippen LogP contribution in [0.25, 0.3) is 11.4 Å². The van der Waals surface area contributed by atoms with Gasteiger partial charge in [0, 0.05) is 73.1 Å². The molecule has 6 rings (SSSR count). The summed E-state index contributed by atoms with van der Waals surface area (Å²) in [7, 11) is 0. The number of aliphatic hydroxyl groups excluding tert-OH is 1. The van der Waals surface area contributed by atoms with E-state index in [1.54, 1.807) is 12.4 Å². The van der Waals surface area contributed by atoms with Gasteiger partial charge in [-0.2, -0.15) is 18.2 Å². The predicted molar refractivity (Wildman–Crippen MR) is 156 cm³/mol. The maximum Gasteiger partial charge on any atom is 0.490 e. The molecule has 0 bridgehead atoms. The average molecular weight is 635 g/mol. The average Bonchev–Trinajstić information content (AvgIpc) is 3.74. The number of aryl methyl sites for hydroxylation is 1. The summed E-state index contributed by atoms with van der Waals surface area (Å²) in [5, 5.41) is 18.8. The van der Waals surface area contributed by atoms with Gasteiger partial charge in [0.05, 0.1) is 0 Å². The van der Waals surface area contributed by atoms with Crippen LogP contribution in [0.4, 0.5) is 13.2 Å². The molecular weight excluding hydrogens is 601 g/mol. The molecule has 1 aliphatic carbocycles. The first-order valence-corrected chi connectivity index (χ1v) is 14.9. The number of halogens is 4. The summed E-state index contributed by atoms with van der Waals surface area (Å²) < 4.78 is 44.3. The summed E-state index contributed by atoms with van der Waals surface area (Å²) in [6, 6.07) is 9.69. The molecule has 2 N–H and O–H groups in total. The molecular formula is C31H34ClF3N4O5. The number of aliphatic hydroxyl groups is 1. The van der Waals surface area contributed by atoms with Crippen LogP contribution in [0.5, 0.6) is 11.6 Å². The van der Waals surface area contributed by atoms with E-state index in [1.807, 2.05) is 37.3 Å². The lowest BCUT2D eigenvalue weighted by molar-refractivity contribution is -0.192. The first-order chi connectivity index (χ1) is 20.9. The van der Waals surface area contributed by atoms with Crippen LogP contribution in [-0.4, -0.2) is 80.2 Å². The molecule has 1 saturated carbocycles. The molecule has 13 heteroatoms. The fourth-order valence-corrected chi connectivity index (χ4v) is 5.71. The van der Waals surface area contributed by atoms with E-state index in [2.05, 4.69) is 9.88 Å². The molecule has 1 aromatic carbocycles. The third-order valence-electron chi connectivity index (χ3n) is 8.06. The number of carboxylic acids is 1. The predicted octanol–water partition coefficient (Wildman–Crippen LogP) is 5.30. The van der Waals surface area contributed by atoms with Gasteiger partial charge < -0.3 is 24.6 Å². The van der Waals surface area contributed by atoms with E-state index in [0.717, 1.165) is 66.4 Å². The number of hydrogen-bond acceptors (Lipinski definition) is 8. The molecule has 1 atom stereocenters. The lowest BCUT2D eigenvalue weighted by Gasteiger charge is -2.39. The first-order valence-electron chi connectivity index (χ1n) is 14.5. The minimum atomic E-state index is -5.08. The smallest absolute Gasteiger partial charge is 0.487 e. The zero-order chi connectivity index (χ0) is 31.5. The maximum atomic E-state index is 10.9. The maximum absolute atomic E-state index is 10.9. The quantitative estimate of drug-likeness (QED) is 0.341. The standard InChI is InChI=1S/C29H33ClN4O3.C2HF3O2/c1-19-25(14-20-2-3-20)28(33-27(32-19)21-6-10-31-11-7-21)36-18-24(35)17-34-12-8-29(9-13-34)16-22-15-23(30)4-5-26(22)37-29;3-2(4,5)1(6)7/h4-7,10-11,15,20,24,35H,2-3,8-9,12-14,16-18H2,1H3;(H,6,7)/t24-;/m0./s1. The van der Waals surface area contributed by atoms with Crippen LogP contribution < -0.4 is 9.47 Å². The Morgan fingerprint density at radius 3 is 2.50 bits per heavy atom. The lowest BCUT2D eigenvalue weighted by Crippen LogP contribution is -2.49.